The van der Waals surface area contributed by atoms with Gasteiger partial charge in [0, 0.05) is 16.3 Å². The SMILES string of the molecule is Cc1c(N)cccc1/C(N)=N/OC(=O)COc1ccc(Cl)cc1. The molecule has 0 heterocycles. The van der Waals surface area contributed by atoms with Gasteiger partial charge < -0.3 is 21.0 Å². The predicted molar refractivity (Wildman–Crippen MR) is 89.4 cm³/mol. The first-order valence-electron chi connectivity index (χ1n) is 6.74. The van der Waals surface area contributed by atoms with Crippen LogP contribution in [0, 0.1) is 6.92 Å². The Bertz CT molecular complexity index is 730. The van der Waals surface area contributed by atoms with Crippen LogP contribution in [0.5, 0.6) is 5.75 Å². The van der Waals surface area contributed by atoms with Crippen LogP contribution in [0.1, 0.15) is 11.1 Å². The first-order valence-corrected chi connectivity index (χ1v) is 7.12. The summed E-state index contributed by atoms with van der Waals surface area (Å²) in [5.74, 6) is -0.117. The van der Waals surface area contributed by atoms with E-state index in [-0.39, 0.29) is 12.4 Å². The predicted octanol–water partition coefficient (Wildman–Crippen LogP) is 2.47. The van der Waals surface area contributed by atoms with Gasteiger partial charge in [-0.1, -0.05) is 28.9 Å². The van der Waals surface area contributed by atoms with Crippen LogP contribution in [0.15, 0.2) is 47.6 Å². The van der Waals surface area contributed by atoms with Crippen molar-refractivity contribution in [1.82, 2.24) is 0 Å². The maximum absolute atomic E-state index is 11.6. The first kappa shape index (κ1) is 16.6. The zero-order chi connectivity index (χ0) is 16.8. The molecule has 2 aromatic carbocycles. The van der Waals surface area contributed by atoms with E-state index in [2.05, 4.69) is 5.16 Å². The summed E-state index contributed by atoms with van der Waals surface area (Å²) < 4.78 is 5.24. The fourth-order valence-corrected chi connectivity index (χ4v) is 1.91. The van der Waals surface area contributed by atoms with Crippen LogP contribution in [0.25, 0.3) is 0 Å². The van der Waals surface area contributed by atoms with Gasteiger partial charge >= 0.3 is 5.97 Å². The number of hydrogen-bond acceptors (Lipinski definition) is 5. The fraction of sp³-hybridized carbons (Fsp3) is 0.125. The average Bonchev–Trinajstić information content (AvgIpc) is 2.54. The molecule has 0 aliphatic heterocycles. The Labute approximate surface area is 138 Å². The lowest BCUT2D eigenvalue weighted by Gasteiger charge is -2.07. The molecular formula is C16H16ClN3O3. The van der Waals surface area contributed by atoms with Gasteiger partial charge in [-0.2, -0.15) is 0 Å². The Kier molecular flexibility index (Phi) is 5.43. The summed E-state index contributed by atoms with van der Waals surface area (Å²) in [6.45, 7) is 1.51. The van der Waals surface area contributed by atoms with Gasteiger partial charge in [-0.15, -0.1) is 0 Å². The van der Waals surface area contributed by atoms with E-state index in [9.17, 15) is 4.79 Å². The zero-order valence-corrected chi connectivity index (χ0v) is 13.2. The number of nitrogens with two attached hydrogens (primary N) is 2. The van der Waals surface area contributed by atoms with Crippen LogP contribution in [0.2, 0.25) is 5.02 Å². The van der Waals surface area contributed by atoms with Gasteiger partial charge in [0.1, 0.15) is 5.75 Å². The van der Waals surface area contributed by atoms with Gasteiger partial charge in [-0.05, 0) is 42.8 Å². The van der Waals surface area contributed by atoms with E-state index in [1.807, 2.05) is 0 Å². The van der Waals surface area contributed by atoms with Gasteiger partial charge in [0.25, 0.3) is 0 Å². The second kappa shape index (κ2) is 7.51. The lowest BCUT2D eigenvalue weighted by atomic mass is 10.1. The van der Waals surface area contributed by atoms with Gasteiger partial charge in [0.15, 0.2) is 12.4 Å². The number of oxime groups is 1. The molecule has 0 unspecified atom stereocenters. The number of rotatable bonds is 5. The number of ether oxygens (including phenoxy) is 1. The third-order valence-corrected chi connectivity index (χ3v) is 3.32. The molecule has 0 amide bonds. The molecule has 0 bridgehead atoms. The van der Waals surface area contributed by atoms with Crippen molar-refractivity contribution in [3.63, 3.8) is 0 Å². The van der Waals surface area contributed by atoms with Crippen LogP contribution in [0.3, 0.4) is 0 Å². The lowest BCUT2D eigenvalue weighted by molar-refractivity contribution is -0.146. The molecule has 0 aliphatic carbocycles. The van der Waals surface area contributed by atoms with E-state index in [4.69, 9.17) is 32.6 Å². The number of amidine groups is 1. The monoisotopic (exact) mass is 333 g/mol. The van der Waals surface area contributed by atoms with E-state index in [1.165, 1.54) is 0 Å². The van der Waals surface area contributed by atoms with E-state index >= 15 is 0 Å². The highest BCUT2D eigenvalue weighted by Crippen LogP contribution is 2.16. The van der Waals surface area contributed by atoms with Crippen LogP contribution >= 0.6 is 11.6 Å². The van der Waals surface area contributed by atoms with Crippen molar-refractivity contribution in [3.05, 3.63) is 58.6 Å². The number of carbonyl (C=O) groups excluding carboxylic acids is 1. The molecule has 0 aliphatic rings. The quantitative estimate of drug-likeness (QED) is 0.288. The molecule has 2 aromatic rings. The Morgan fingerprint density at radius 3 is 2.61 bits per heavy atom. The van der Waals surface area contributed by atoms with Crippen molar-refractivity contribution in [3.8, 4) is 5.75 Å². The second-order valence-corrected chi connectivity index (χ2v) is 5.14. The minimum absolute atomic E-state index is 0.0645. The zero-order valence-electron chi connectivity index (χ0n) is 12.5. The Balaban J connectivity index is 1.92. The minimum atomic E-state index is -0.676. The van der Waals surface area contributed by atoms with Gasteiger partial charge in [-0.3, -0.25) is 0 Å². The number of benzene rings is 2. The third kappa shape index (κ3) is 4.62. The highest BCUT2D eigenvalue weighted by atomic mass is 35.5. The molecular weight excluding hydrogens is 318 g/mol. The van der Waals surface area contributed by atoms with Crippen LogP contribution in [-0.2, 0) is 9.63 Å². The number of carbonyl (C=O) groups is 1. The van der Waals surface area contributed by atoms with Gasteiger partial charge in [0.05, 0.1) is 0 Å². The number of hydrogen-bond donors (Lipinski definition) is 2. The number of nitrogen functional groups attached to an aromatic ring is 1. The molecule has 120 valence electrons. The van der Waals surface area contributed by atoms with E-state index < -0.39 is 5.97 Å². The Hall–Kier alpha value is -2.73. The van der Waals surface area contributed by atoms with E-state index in [0.717, 1.165) is 5.56 Å². The molecule has 0 saturated heterocycles. The van der Waals surface area contributed by atoms with Gasteiger partial charge in [-0.25, -0.2) is 4.79 Å². The summed E-state index contributed by atoms with van der Waals surface area (Å²) in [5, 5.41) is 4.19. The van der Waals surface area contributed by atoms with Crippen LogP contribution < -0.4 is 16.2 Å². The Morgan fingerprint density at radius 2 is 1.91 bits per heavy atom. The van der Waals surface area contributed by atoms with Crippen molar-refractivity contribution in [2.45, 2.75) is 6.92 Å². The lowest BCUT2D eigenvalue weighted by Crippen LogP contribution is -2.19. The summed E-state index contributed by atoms with van der Waals surface area (Å²) in [6, 6.07) is 11.8. The second-order valence-electron chi connectivity index (χ2n) is 4.70. The minimum Gasteiger partial charge on any atom is -0.482 e. The van der Waals surface area contributed by atoms with Crippen molar-refractivity contribution >= 4 is 29.1 Å². The topological polar surface area (TPSA) is 99.9 Å². The molecule has 0 spiro atoms. The maximum Gasteiger partial charge on any atom is 0.372 e. The highest BCUT2D eigenvalue weighted by Gasteiger charge is 2.08. The molecule has 0 radical (unpaired) electrons. The van der Waals surface area contributed by atoms with Crippen molar-refractivity contribution in [1.29, 1.82) is 0 Å². The molecule has 0 aromatic heterocycles. The third-order valence-electron chi connectivity index (χ3n) is 3.07. The summed E-state index contributed by atoms with van der Waals surface area (Å²) in [7, 11) is 0. The first-order chi connectivity index (χ1) is 11.0. The molecule has 4 N–H and O–H groups in total. The number of nitrogens with zero attached hydrogens (tertiary/aromatic N) is 1. The Morgan fingerprint density at radius 1 is 1.22 bits per heavy atom. The molecule has 23 heavy (non-hydrogen) atoms. The summed E-state index contributed by atoms with van der Waals surface area (Å²) in [6.07, 6.45) is 0. The summed E-state index contributed by atoms with van der Waals surface area (Å²) >= 11 is 5.75. The average molecular weight is 334 g/mol. The molecule has 0 atom stereocenters. The molecule has 0 saturated carbocycles. The molecule has 2 rings (SSSR count). The normalized spacial score (nSPS) is 11.1. The number of halogens is 1. The fourth-order valence-electron chi connectivity index (χ4n) is 1.78. The summed E-state index contributed by atoms with van der Waals surface area (Å²) in [4.78, 5) is 16.3. The highest BCUT2D eigenvalue weighted by molar-refractivity contribution is 6.30. The molecule has 7 heteroatoms. The van der Waals surface area contributed by atoms with Crippen molar-refractivity contribution in [2.75, 3.05) is 12.3 Å². The largest absolute Gasteiger partial charge is 0.482 e. The maximum atomic E-state index is 11.6. The van der Waals surface area contributed by atoms with Crippen LogP contribution in [0.4, 0.5) is 5.69 Å². The van der Waals surface area contributed by atoms with E-state index in [0.29, 0.717) is 22.0 Å². The molecule has 0 fully saturated rings. The van der Waals surface area contributed by atoms with E-state index in [1.54, 1.807) is 49.4 Å². The van der Waals surface area contributed by atoms with Gasteiger partial charge in [0.2, 0.25) is 0 Å². The van der Waals surface area contributed by atoms with Crippen molar-refractivity contribution < 1.29 is 14.4 Å². The molecule has 6 nitrogen and oxygen atoms in total. The smallest absolute Gasteiger partial charge is 0.372 e. The number of anilines is 1. The summed E-state index contributed by atoms with van der Waals surface area (Å²) in [5.41, 5.74) is 13.5. The standard InChI is InChI=1S/C16H16ClN3O3/c1-10-13(3-2-4-14(10)18)16(19)20-23-15(21)9-22-12-7-5-11(17)6-8-12/h2-8H,9,18H2,1H3,(H2,19,20). The van der Waals surface area contributed by atoms with Crippen molar-refractivity contribution in [2.24, 2.45) is 10.9 Å². The van der Waals surface area contributed by atoms with Crippen LogP contribution in [-0.4, -0.2) is 18.4 Å².